The first-order valence-corrected chi connectivity index (χ1v) is 22.0. The summed E-state index contributed by atoms with van der Waals surface area (Å²) < 4.78 is 0. The summed E-state index contributed by atoms with van der Waals surface area (Å²) in [6, 6.07) is 24.0. The van der Waals surface area contributed by atoms with E-state index in [1.165, 1.54) is 38.5 Å². The summed E-state index contributed by atoms with van der Waals surface area (Å²) in [5.74, 6) is 5.22. The van der Waals surface area contributed by atoms with E-state index in [1.54, 1.807) is 10.4 Å². The van der Waals surface area contributed by atoms with E-state index in [1.807, 2.05) is 0 Å². The monoisotopic (exact) mass is 620 g/mol. The van der Waals surface area contributed by atoms with E-state index < -0.39 is 28.9 Å². The molecule has 3 aliphatic rings. The van der Waals surface area contributed by atoms with Crippen molar-refractivity contribution >= 4 is 35.5 Å². The van der Waals surface area contributed by atoms with E-state index >= 15 is 0 Å². The van der Waals surface area contributed by atoms with Crippen LogP contribution in [-0.4, -0.2) is 8.07 Å². The Balaban J connectivity index is 0.000000871. The van der Waals surface area contributed by atoms with Crippen molar-refractivity contribution in [2.45, 2.75) is 77.3 Å². The molecule has 0 heterocycles. The van der Waals surface area contributed by atoms with Crippen molar-refractivity contribution in [1.82, 2.24) is 0 Å². The average Bonchev–Trinajstić information content (AvgIpc) is 3.38. The van der Waals surface area contributed by atoms with Gasteiger partial charge in [-0.3, -0.25) is 0 Å². The number of rotatable bonds is 4. The van der Waals surface area contributed by atoms with E-state index in [0.29, 0.717) is 0 Å². The summed E-state index contributed by atoms with van der Waals surface area (Å²) in [6.45, 7) is 10.4. The summed E-state index contributed by atoms with van der Waals surface area (Å²) >= 11 is -0.826. The van der Waals surface area contributed by atoms with Crippen molar-refractivity contribution in [1.29, 1.82) is 0 Å². The first kappa shape index (κ1) is 32.3. The fourth-order valence-electron chi connectivity index (χ4n) is 8.87. The minimum absolute atomic E-state index is 0. The van der Waals surface area contributed by atoms with Gasteiger partial charge in [-0.1, -0.05) is 137 Å². The second-order valence-corrected chi connectivity index (χ2v) is 19.6. The average molecular weight is 623 g/mol. The fraction of sp³-hybridized carbons (Fsp3) is 0.562. The molecule has 0 saturated heterocycles. The fourth-order valence-corrected chi connectivity index (χ4v) is 16.8. The van der Waals surface area contributed by atoms with E-state index in [-0.39, 0.29) is 14.9 Å². The molecule has 7 unspecified atom stereocenters. The third-order valence-corrected chi connectivity index (χ3v) is 17.1. The van der Waals surface area contributed by atoms with Gasteiger partial charge in [0.25, 0.3) is 0 Å². The van der Waals surface area contributed by atoms with E-state index in [9.17, 15) is 0 Å². The molecular formula is C32H48Cl2SiZr. The Kier molecular flexibility index (Phi) is 13.0. The number of benzene rings is 2. The van der Waals surface area contributed by atoms with Gasteiger partial charge >= 0.3 is 37.9 Å². The zero-order valence-corrected chi connectivity index (χ0v) is 28.4. The predicted octanol–water partition coefficient (Wildman–Crippen LogP) is 9.43. The van der Waals surface area contributed by atoms with E-state index in [4.69, 9.17) is 17.0 Å². The Bertz CT molecular complexity index is 838. The van der Waals surface area contributed by atoms with Gasteiger partial charge in [0.15, 0.2) is 0 Å². The topological polar surface area (TPSA) is 0 Å². The summed E-state index contributed by atoms with van der Waals surface area (Å²) in [7, 11) is 7.87. The molecule has 0 aromatic heterocycles. The normalized spacial score (nSPS) is 33.2. The standard InChI is InChI=1S/C30H42Si.2CH3.2ClH.Zr/c1-21-22(2)24(4)30(23(21)3)31(26-14-7-5-8-15-26,27-16-9-6-10-17-27)29-20-19-25-13-11-12-18-28(25)29;;;;;/h5-10,14-17,21-25,28-30H,11-13,18-20H2,1-4H3;2*1H3;2*1H;/q;2*-1;;;+4/p-2. The van der Waals surface area contributed by atoms with Gasteiger partial charge in [-0.2, -0.15) is 0 Å². The van der Waals surface area contributed by atoms with Crippen LogP contribution < -0.4 is 10.4 Å². The van der Waals surface area contributed by atoms with Crippen molar-refractivity contribution in [3.05, 3.63) is 75.5 Å². The maximum absolute atomic E-state index is 4.93. The summed E-state index contributed by atoms with van der Waals surface area (Å²) in [5, 5.41) is 3.48. The molecular weight excluding hydrogens is 575 g/mol. The van der Waals surface area contributed by atoms with Crippen molar-refractivity contribution in [2.75, 3.05) is 0 Å². The Labute approximate surface area is 243 Å². The zero-order valence-electron chi connectivity index (χ0n) is 23.4. The second kappa shape index (κ2) is 14.5. The minimum atomic E-state index is -2.00. The number of halogens is 2. The van der Waals surface area contributed by atoms with Crippen LogP contribution in [0.25, 0.3) is 0 Å². The summed E-state index contributed by atoms with van der Waals surface area (Å²) in [4.78, 5) is 0. The molecule has 0 amide bonds. The van der Waals surface area contributed by atoms with Crippen molar-refractivity contribution in [3.63, 3.8) is 0 Å². The van der Waals surface area contributed by atoms with Crippen LogP contribution in [0.2, 0.25) is 11.1 Å². The van der Waals surface area contributed by atoms with Gasteiger partial charge in [0.05, 0.1) is 0 Å². The van der Waals surface area contributed by atoms with E-state index in [0.717, 1.165) is 46.6 Å². The molecule has 198 valence electrons. The maximum atomic E-state index is 4.93. The first-order valence-electron chi connectivity index (χ1n) is 13.6. The van der Waals surface area contributed by atoms with Crippen LogP contribution in [0.15, 0.2) is 60.7 Å². The Morgan fingerprint density at radius 3 is 1.56 bits per heavy atom. The third-order valence-electron chi connectivity index (χ3n) is 10.6. The second-order valence-electron chi connectivity index (χ2n) is 11.5. The predicted molar refractivity (Wildman–Crippen MR) is 161 cm³/mol. The first-order chi connectivity index (χ1) is 16.5. The quantitative estimate of drug-likeness (QED) is 0.235. The molecule has 2 aromatic carbocycles. The van der Waals surface area contributed by atoms with Crippen LogP contribution in [0.4, 0.5) is 0 Å². The van der Waals surface area contributed by atoms with Gasteiger partial charge in [-0.05, 0) is 46.6 Å². The molecule has 0 spiro atoms. The van der Waals surface area contributed by atoms with Crippen LogP contribution in [0.3, 0.4) is 0 Å². The Morgan fingerprint density at radius 1 is 0.639 bits per heavy atom. The zero-order chi connectivity index (χ0) is 24.3. The van der Waals surface area contributed by atoms with Gasteiger partial charge in [-0.25, -0.2) is 0 Å². The van der Waals surface area contributed by atoms with Crippen LogP contribution in [0.5, 0.6) is 0 Å². The van der Waals surface area contributed by atoms with Crippen LogP contribution in [0, 0.1) is 50.4 Å². The molecule has 0 N–H and O–H groups in total. The van der Waals surface area contributed by atoms with Crippen LogP contribution in [-0.2, 0) is 20.8 Å². The van der Waals surface area contributed by atoms with Crippen LogP contribution in [0.1, 0.15) is 66.2 Å². The molecule has 5 rings (SSSR count). The van der Waals surface area contributed by atoms with Gasteiger partial charge in [0.2, 0.25) is 0 Å². The van der Waals surface area contributed by atoms with Gasteiger partial charge in [0.1, 0.15) is 8.07 Å². The van der Waals surface area contributed by atoms with Crippen molar-refractivity contribution in [3.8, 4) is 0 Å². The van der Waals surface area contributed by atoms with Gasteiger partial charge in [0, 0.05) is 0 Å². The van der Waals surface area contributed by atoms with Gasteiger partial charge in [-0.15, -0.1) is 0 Å². The molecule has 0 aliphatic heterocycles. The molecule has 0 nitrogen and oxygen atoms in total. The third kappa shape index (κ3) is 5.83. The van der Waals surface area contributed by atoms with Crippen molar-refractivity contribution < 1.29 is 20.8 Å². The van der Waals surface area contributed by atoms with Gasteiger partial charge < -0.3 is 14.9 Å². The molecule has 0 radical (unpaired) electrons. The molecule has 4 heteroatoms. The molecule has 2 aromatic rings. The molecule has 0 bridgehead atoms. The van der Waals surface area contributed by atoms with Crippen LogP contribution >= 0.6 is 17.0 Å². The summed E-state index contributed by atoms with van der Waals surface area (Å²) in [6.07, 6.45) is 8.90. The number of fused-ring (bicyclic) bond motifs is 1. The number of hydrogen-bond acceptors (Lipinski definition) is 0. The molecule has 7 atom stereocenters. The Hall–Kier alpha value is 0.120. The van der Waals surface area contributed by atoms with E-state index in [2.05, 4.69) is 88.4 Å². The molecule has 3 saturated carbocycles. The summed E-state index contributed by atoms with van der Waals surface area (Å²) in [5.41, 5.74) is 1.75. The SMILES string of the molecule is CC1C(C)C(C)C([Si](c2ccccc2)(c2ccccc2)C2CCC3CCCCC32)C1C.[CH3-].[CH3-].[Cl][Zr+2][Cl]. The number of hydrogen-bond donors (Lipinski definition) is 0. The molecule has 3 aliphatic carbocycles. The van der Waals surface area contributed by atoms with Crippen molar-refractivity contribution in [2.24, 2.45) is 35.5 Å². The Morgan fingerprint density at radius 2 is 1.08 bits per heavy atom. The molecule has 3 fully saturated rings. The molecule has 36 heavy (non-hydrogen) atoms.